The maximum atomic E-state index is 12.3. The number of carbonyl (C=O) groups is 1. The van der Waals surface area contributed by atoms with Gasteiger partial charge in [0, 0.05) is 45.9 Å². The number of ether oxygens (including phenoxy) is 3. The summed E-state index contributed by atoms with van der Waals surface area (Å²) in [5.41, 5.74) is 1.18. The van der Waals surface area contributed by atoms with Crippen molar-refractivity contribution >= 4 is 6.03 Å². The van der Waals surface area contributed by atoms with E-state index in [0.29, 0.717) is 6.54 Å². The molecule has 2 heterocycles. The van der Waals surface area contributed by atoms with Crippen LogP contribution in [0.15, 0.2) is 18.2 Å². The van der Waals surface area contributed by atoms with Crippen LogP contribution in [-0.2, 0) is 11.3 Å². The number of benzene rings is 1. The normalized spacial score (nSPS) is 20.8. The van der Waals surface area contributed by atoms with Gasteiger partial charge in [-0.05, 0) is 30.5 Å². The first kappa shape index (κ1) is 18.8. The van der Waals surface area contributed by atoms with Crippen LogP contribution in [0.25, 0.3) is 0 Å². The van der Waals surface area contributed by atoms with Crippen LogP contribution in [0, 0.1) is 0 Å². The SMILES string of the molecule is COc1ccc(CN2CCN(C(=O)NCC3CCCO3)CC2)cc1OC. The van der Waals surface area contributed by atoms with Gasteiger partial charge in [-0.25, -0.2) is 4.79 Å². The van der Waals surface area contributed by atoms with Gasteiger partial charge >= 0.3 is 6.03 Å². The van der Waals surface area contributed by atoms with Gasteiger partial charge in [-0.15, -0.1) is 0 Å². The largest absolute Gasteiger partial charge is 0.493 e. The molecule has 1 unspecified atom stereocenters. The molecule has 144 valence electrons. The van der Waals surface area contributed by atoms with E-state index in [-0.39, 0.29) is 12.1 Å². The number of urea groups is 1. The molecule has 2 amide bonds. The van der Waals surface area contributed by atoms with Gasteiger partial charge in [0.05, 0.1) is 20.3 Å². The molecule has 2 aliphatic heterocycles. The van der Waals surface area contributed by atoms with Gasteiger partial charge < -0.3 is 24.4 Å². The summed E-state index contributed by atoms with van der Waals surface area (Å²) in [7, 11) is 3.29. The van der Waals surface area contributed by atoms with E-state index in [4.69, 9.17) is 14.2 Å². The van der Waals surface area contributed by atoms with Crippen LogP contribution in [0.4, 0.5) is 4.79 Å². The molecule has 2 saturated heterocycles. The molecular formula is C19H29N3O4. The summed E-state index contributed by atoms with van der Waals surface area (Å²) < 4.78 is 16.2. The van der Waals surface area contributed by atoms with Crippen LogP contribution in [0.5, 0.6) is 11.5 Å². The van der Waals surface area contributed by atoms with Gasteiger partial charge in [-0.2, -0.15) is 0 Å². The molecule has 1 aromatic carbocycles. The van der Waals surface area contributed by atoms with E-state index in [2.05, 4.69) is 16.3 Å². The highest BCUT2D eigenvalue weighted by Gasteiger charge is 2.23. The van der Waals surface area contributed by atoms with Crippen molar-refractivity contribution in [1.82, 2.24) is 15.1 Å². The van der Waals surface area contributed by atoms with Crippen LogP contribution < -0.4 is 14.8 Å². The summed E-state index contributed by atoms with van der Waals surface area (Å²) in [6.45, 7) is 5.48. The lowest BCUT2D eigenvalue weighted by Gasteiger charge is -2.35. The number of rotatable bonds is 6. The van der Waals surface area contributed by atoms with Crippen LogP contribution in [-0.4, -0.2) is 75.5 Å². The first-order valence-corrected chi connectivity index (χ1v) is 9.27. The Hall–Kier alpha value is -1.99. The zero-order valence-electron chi connectivity index (χ0n) is 15.7. The molecule has 0 aromatic heterocycles. The number of methoxy groups -OCH3 is 2. The van der Waals surface area contributed by atoms with Gasteiger partial charge in [-0.3, -0.25) is 4.90 Å². The molecule has 1 N–H and O–H groups in total. The minimum absolute atomic E-state index is 0.0197. The first-order valence-electron chi connectivity index (χ1n) is 9.27. The standard InChI is InChI=1S/C19H29N3O4/c1-24-17-6-5-15(12-18(17)25-2)14-21-7-9-22(10-8-21)19(23)20-13-16-4-3-11-26-16/h5-6,12,16H,3-4,7-11,13-14H2,1-2H3,(H,20,23). The third-order valence-electron chi connectivity index (χ3n) is 5.02. The molecule has 0 bridgehead atoms. The number of hydrogen-bond donors (Lipinski definition) is 1. The highest BCUT2D eigenvalue weighted by Crippen LogP contribution is 2.28. The number of hydrogen-bond acceptors (Lipinski definition) is 5. The molecule has 0 saturated carbocycles. The van der Waals surface area contributed by atoms with Crippen molar-refractivity contribution in [3.63, 3.8) is 0 Å². The van der Waals surface area contributed by atoms with E-state index < -0.39 is 0 Å². The van der Waals surface area contributed by atoms with Gasteiger partial charge in [0.15, 0.2) is 11.5 Å². The number of nitrogens with zero attached hydrogens (tertiary/aromatic N) is 2. The van der Waals surface area contributed by atoms with E-state index in [1.165, 1.54) is 5.56 Å². The Kier molecular flexibility index (Phi) is 6.57. The lowest BCUT2D eigenvalue weighted by Crippen LogP contribution is -2.52. The molecule has 0 radical (unpaired) electrons. The Bertz CT molecular complexity index is 596. The predicted octanol–water partition coefficient (Wildman–Crippen LogP) is 1.71. The van der Waals surface area contributed by atoms with E-state index in [1.54, 1.807) is 14.2 Å². The monoisotopic (exact) mass is 363 g/mol. The molecule has 1 atom stereocenters. The second kappa shape index (κ2) is 9.09. The first-order chi connectivity index (χ1) is 12.7. The fraction of sp³-hybridized carbons (Fsp3) is 0.632. The molecule has 2 fully saturated rings. The molecule has 26 heavy (non-hydrogen) atoms. The highest BCUT2D eigenvalue weighted by molar-refractivity contribution is 5.74. The van der Waals surface area contributed by atoms with Gasteiger partial charge in [0.2, 0.25) is 0 Å². The lowest BCUT2D eigenvalue weighted by atomic mass is 10.1. The number of piperazine rings is 1. The average Bonchev–Trinajstić information content (AvgIpc) is 3.20. The van der Waals surface area contributed by atoms with Gasteiger partial charge in [-0.1, -0.05) is 6.07 Å². The Morgan fingerprint density at radius 1 is 1.19 bits per heavy atom. The molecule has 3 rings (SSSR count). The van der Waals surface area contributed by atoms with Crippen molar-refractivity contribution in [1.29, 1.82) is 0 Å². The Morgan fingerprint density at radius 3 is 2.62 bits per heavy atom. The van der Waals surface area contributed by atoms with Crippen molar-refractivity contribution < 1.29 is 19.0 Å². The molecule has 2 aliphatic rings. The molecule has 7 nitrogen and oxygen atoms in total. The minimum Gasteiger partial charge on any atom is -0.493 e. The average molecular weight is 363 g/mol. The van der Waals surface area contributed by atoms with Crippen LogP contribution in [0.2, 0.25) is 0 Å². The molecular weight excluding hydrogens is 334 g/mol. The van der Waals surface area contributed by atoms with Crippen LogP contribution >= 0.6 is 0 Å². The van der Waals surface area contributed by atoms with Crippen LogP contribution in [0.1, 0.15) is 18.4 Å². The van der Waals surface area contributed by atoms with E-state index in [0.717, 1.165) is 63.7 Å². The highest BCUT2D eigenvalue weighted by atomic mass is 16.5. The maximum Gasteiger partial charge on any atom is 0.317 e. The molecule has 1 aromatic rings. The van der Waals surface area contributed by atoms with E-state index >= 15 is 0 Å². The molecule has 7 heteroatoms. The second-order valence-electron chi connectivity index (χ2n) is 6.77. The summed E-state index contributed by atoms with van der Waals surface area (Å²) >= 11 is 0. The molecule has 0 spiro atoms. The topological polar surface area (TPSA) is 63.3 Å². The third kappa shape index (κ3) is 4.80. The quantitative estimate of drug-likeness (QED) is 0.834. The maximum absolute atomic E-state index is 12.3. The smallest absolute Gasteiger partial charge is 0.317 e. The van der Waals surface area contributed by atoms with Crippen molar-refractivity contribution in [2.75, 3.05) is 53.6 Å². The van der Waals surface area contributed by atoms with Crippen molar-refractivity contribution in [2.24, 2.45) is 0 Å². The summed E-state index contributed by atoms with van der Waals surface area (Å²) in [6.07, 6.45) is 2.32. The predicted molar refractivity (Wildman–Crippen MR) is 98.8 cm³/mol. The second-order valence-corrected chi connectivity index (χ2v) is 6.77. The lowest BCUT2D eigenvalue weighted by molar-refractivity contribution is 0.104. The van der Waals surface area contributed by atoms with E-state index in [1.807, 2.05) is 17.0 Å². The van der Waals surface area contributed by atoms with Crippen LogP contribution in [0.3, 0.4) is 0 Å². The van der Waals surface area contributed by atoms with Crippen molar-refractivity contribution in [3.05, 3.63) is 23.8 Å². The Morgan fingerprint density at radius 2 is 1.96 bits per heavy atom. The molecule has 0 aliphatic carbocycles. The van der Waals surface area contributed by atoms with Gasteiger partial charge in [0.1, 0.15) is 0 Å². The summed E-state index contributed by atoms with van der Waals surface area (Å²) in [4.78, 5) is 16.5. The van der Waals surface area contributed by atoms with Crippen molar-refractivity contribution in [2.45, 2.75) is 25.5 Å². The number of amides is 2. The zero-order valence-corrected chi connectivity index (χ0v) is 15.7. The third-order valence-corrected chi connectivity index (χ3v) is 5.02. The summed E-state index contributed by atoms with van der Waals surface area (Å²) in [5, 5.41) is 3.00. The fourth-order valence-electron chi connectivity index (χ4n) is 3.46. The fourth-order valence-corrected chi connectivity index (χ4v) is 3.46. The zero-order chi connectivity index (χ0) is 18.4. The van der Waals surface area contributed by atoms with Gasteiger partial charge in [0.25, 0.3) is 0 Å². The Balaban J connectivity index is 1.44. The summed E-state index contributed by atoms with van der Waals surface area (Å²) in [6, 6.07) is 6.02. The summed E-state index contributed by atoms with van der Waals surface area (Å²) in [5.74, 6) is 1.49. The van der Waals surface area contributed by atoms with Crippen molar-refractivity contribution in [3.8, 4) is 11.5 Å². The number of nitrogens with one attached hydrogen (secondary N) is 1. The van der Waals surface area contributed by atoms with E-state index in [9.17, 15) is 4.79 Å². The Labute approximate surface area is 155 Å². The minimum atomic E-state index is 0.0197. The number of carbonyl (C=O) groups excluding carboxylic acids is 1.